The van der Waals surface area contributed by atoms with Gasteiger partial charge in [-0.3, -0.25) is 19.8 Å². The maximum atomic E-state index is 12.4. The Labute approximate surface area is 157 Å². The summed E-state index contributed by atoms with van der Waals surface area (Å²) in [4.78, 5) is 24.8. The predicted octanol–water partition coefficient (Wildman–Crippen LogP) is 3.09. The van der Waals surface area contributed by atoms with Gasteiger partial charge in [-0.15, -0.1) is 0 Å². The van der Waals surface area contributed by atoms with E-state index in [1.807, 2.05) is 38.1 Å². The third-order valence-corrected chi connectivity index (χ3v) is 4.83. The molecular weight excluding hydrogens is 344 g/mol. The Balaban J connectivity index is 1.97. The van der Waals surface area contributed by atoms with E-state index in [0.29, 0.717) is 29.1 Å². The molecule has 0 fully saturated rings. The lowest BCUT2D eigenvalue weighted by Gasteiger charge is -2.16. The number of aromatic nitrogens is 4. The minimum atomic E-state index is -0.468. The number of rotatable bonds is 8. The Morgan fingerprint density at radius 3 is 1.85 bits per heavy atom. The molecule has 1 aromatic carbocycles. The molecule has 0 bridgehead atoms. The van der Waals surface area contributed by atoms with Crippen LogP contribution in [0.4, 0.5) is 0 Å². The molecule has 0 amide bonds. The van der Waals surface area contributed by atoms with E-state index < -0.39 is 5.92 Å². The van der Waals surface area contributed by atoms with Gasteiger partial charge in [-0.25, -0.2) is 0 Å². The highest BCUT2D eigenvalue weighted by Crippen LogP contribution is 2.31. The van der Waals surface area contributed by atoms with Gasteiger partial charge in [-0.05, 0) is 38.0 Å². The first-order valence-electron chi connectivity index (χ1n) is 9.30. The van der Waals surface area contributed by atoms with Crippen molar-refractivity contribution in [3.63, 3.8) is 0 Å². The maximum Gasteiger partial charge on any atom is 0.268 e. The molecule has 2 heterocycles. The average Bonchev–Trinajstić information content (AvgIpc) is 3.17. The number of unbranched alkanes of at least 4 members (excludes halogenated alkanes) is 2. The van der Waals surface area contributed by atoms with Crippen LogP contribution in [0.5, 0.6) is 5.75 Å². The molecule has 0 saturated carbocycles. The summed E-state index contributed by atoms with van der Waals surface area (Å²) in [6.07, 6.45) is 3.32. The summed E-state index contributed by atoms with van der Waals surface area (Å²) in [5.74, 6) is 0.317. The highest BCUT2D eigenvalue weighted by Gasteiger charge is 2.27. The molecule has 0 unspecified atom stereocenters. The Morgan fingerprint density at radius 1 is 0.852 bits per heavy atom. The Hall–Kier alpha value is -2.96. The molecular formula is C20H26N4O3. The van der Waals surface area contributed by atoms with Gasteiger partial charge < -0.3 is 14.9 Å². The van der Waals surface area contributed by atoms with Gasteiger partial charge in [0, 0.05) is 17.3 Å². The number of ether oxygens (including phenoxy) is 1. The van der Waals surface area contributed by atoms with Crippen LogP contribution >= 0.6 is 0 Å². The van der Waals surface area contributed by atoms with Crippen molar-refractivity contribution in [1.82, 2.24) is 20.4 Å². The van der Waals surface area contributed by atoms with Crippen LogP contribution in [0.2, 0.25) is 0 Å². The topological polar surface area (TPSA) is 107 Å². The normalized spacial score (nSPS) is 11.3. The quantitative estimate of drug-likeness (QED) is 0.458. The van der Waals surface area contributed by atoms with Crippen molar-refractivity contribution in [2.75, 3.05) is 6.61 Å². The fourth-order valence-corrected chi connectivity index (χ4v) is 3.38. The first kappa shape index (κ1) is 18.8. The molecule has 0 radical (unpaired) electrons. The first-order valence-corrected chi connectivity index (χ1v) is 9.30. The van der Waals surface area contributed by atoms with Crippen LogP contribution in [0.25, 0.3) is 0 Å². The van der Waals surface area contributed by atoms with E-state index in [2.05, 4.69) is 27.3 Å². The number of nitrogens with one attached hydrogen (secondary N) is 4. The fraction of sp³-hybridized carbons (Fsp3) is 0.400. The third kappa shape index (κ3) is 3.92. The van der Waals surface area contributed by atoms with Gasteiger partial charge in [0.25, 0.3) is 11.1 Å². The van der Waals surface area contributed by atoms with Crippen LogP contribution in [0.3, 0.4) is 0 Å². The van der Waals surface area contributed by atoms with Gasteiger partial charge in [-0.2, -0.15) is 0 Å². The molecule has 2 aromatic heterocycles. The molecule has 144 valence electrons. The second-order valence-corrected chi connectivity index (χ2v) is 6.79. The number of hydrogen-bond donors (Lipinski definition) is 4. The highest BCUT2D eigenvalue weighted by molar-refractivity contribution is 5.45. The zero-order chi connectivity index (χ0) is 19.4. The van der Waals surface area contributed by atoms with Crippen molar-refractivity contribution in [1.29, 1.82) is 0 Å². The number of aromatic amines is 4. The molecule has 7 nitrogen and oxygen atoms in total. The SMILES string of the molecule is CCCCCOc1ccc(C(c2c(C)[nH][nH]c2=O)c2c(C)[nH][nH]c2=O)cc1. The summed E-state index contributed by atoms with van der Waals surface area (Å²) < 4.78 is 5.77. The van der Waals surface area contributed by atoms with E-state index in [1.54, 1.807) is 0 Å². The van der Waals surface area contributed by atoms with E-state index in [1.165, 1.54) is 0 Å². The van der Waals surface area contributed by atoms with Crippen molar-refractivity contribution in [2.45, 2.75) is 46.0 Å². The highest BCUT2D eigenvalue weighted by atomic mass is 16.5. The van der Waals surface area contributed by atoms with Gasteiger partial charge in [-0.1, -0.05) is 31.9 Å². The van der Waals surface area contributed by atoms with E-state index in [9.17, 15) is 9.59 Å². The van der Waals surface area contributed by atoms with E-state index >= 15 is 0 Å². The third-order valence-electron chi connectivity index (χ3n) is 4.83. The summed E-state index contributed by atoms with van der Waals surface area (Å²) in [5, 5.41) is 10.9. The number of benzene rings is 1. The molecule has 0 aliphatic heterocycles. The van der Waals surface area contributed by atoms with Gasteiger partial charge in [0.1, 0.15) is 5.75 Å². The van der Waals surface area contributed by atoms with Crippen LogP contribution in [-0.4, -0.2) is 27.0 Å². The van der Waals surface area contributed by atoms with E-state index in [0.717, 1.165) is 30.6 Å². The molecule has 0 aliphatic rings. The Kier molecular flexibility index (Phi) is 5.69. The van der Waals surface area contributed by atoms with E-state index in [-0.39, 0.29) is 11.1 Å². The molecule has 27 heavy (non-hydrogen) atoms. The summed E-state index contributed by atoms with van der Waals surface area (Å²) >= 11 is 0. The van der Waals surface area contributed by atoms with Crippen LogP contribution < -0.4 is 15.9 Å². The zero-order valence-corrected chi connectivity index (χ0v) is 15.9. The molecule has 3 aromatic rings. The Morgan fingerprint density at radius 2 is 1.41 bits per heavy atom. The van der Waals surface area contributed by atoms with Crippen LogP contribution in [0.1, 0.15) is 60.2 Å². The monoisotopic (exact) mass is 370 g/mol. The zero-order valence-electron chi connectivity index (χ0n) is 15.9. The standard InChI is InChI=1S/C20H26N4O3/c1-4-5-6-11-27-15-9-7-14(8-10-15)18(16-12(2)21-23-19(16)25)17-13(3)22-24-20(17)26/h7-10,18H,4-6,11H2,1-3H3,(H2,21,23,25)(H2,22,24,26). The van der Waals surface area contributed by atoms with Crippen molar-refractivity contribution in [3.05, 3.63) is 73.1 Å². The summed E-state index contributed by atoms with van der Waals surface area (Å²) in [6.45, 7) is 6.48. The summed E-state index contributed by atoms with van der Waals surface area (Å²) in [5.41, 5.74) is 2.92. The number of aryl methyl sites for hydroxylation is 2. The van der Waals surface area contributed by atoms with Crippen molar-refractivity contribution in [2.24, 2.45) is 0 Å². The summed E-state index contributed by atoms with van der Waals surface area (Å²) in [7, 11) is 0. The van der Waals surface area contributed by atoms with Gasteiger partial charge in [0.2, 0.25) is 0 Å². The first-order chi connectivity index (χ1) is 13.0. The molecule has 4 N–H and O–H groups in total. The van der Waals surface area contributed by atoms with Crippen LogP contribution in [0.15, 0.2) is 33.9 Å². The van der Waals surface area contributed by atoms with Crippen molar-refractivity contribution in [3.8, 4) is 5.75 Å². The second kappa shape index (κ2) is 8.16. The Bertz CT molecular complexity index is 937. The van der Waals surface area contributed by atoms with Crippen molar-refractivity contribution < 1.29 is 4.74 Å². The minimum Gasteiger partial charge on any atom is -0.494 e. The van der Waals surface area contributed by atoms with Gasteiger partial charge in [0.05, 0.1) is 17.7 Å². The minimum absolute atomic E-state index is 0.225. The molecule has 7 heteroatoms. The predicted molar refractivity (Wildman–Crippen MR) is 105 cm³/mol. The molecule has 0 atom stereocenters. The molecule has 0 saturated heterocycles. The second-order valence-electron chi connectivity index (χ2n) is 6.79. The van der Waals surface area contributed by atoms with Gasteiger partial charge in [0.15, 0.2) is 0 Å². The largest absolute Gasteiger partial charge is 0.494 e. The number of H-pyrrole nitrogens is 4. The number of hydrogen-bond acceptors (Lipinski definition) is 3. The van der Waals surface area contributed by atoms with Gasteiger partial charge >= 0.3 is 0 Å². The lowest BCUT2D eigenvalue weighted by molar-refractivity contribution is 0.306. The van der Waals surface area contributed by atoms with Crippen LogP contribution in [0, 0.1) is 13.8 Å². The fourth-order valence-electron chi connectivity index (χ4n) is 3.38. The summed E-state index contributed by atoms with van der Waals surface area (Å²) in [6, 6.07) is 7.61. The smallest absolute Gasteiger partial charge is 0.268 e. The lowest BCUT2D eigenvalue weighted by atomic mass is 9.85. The molecule has 3 rings (SSSR count). The lowest BCUT2D eigenvalue weighted by Crippen LogP contribution is -2.20. The van der Waals surface area contributed by atoms with Crippen molar-refractivity contribution >= 4 is 0 Å². The van der Waals surface area contributed by atoms with Crippen LogP contribution in [-0.2, 0) is 0 Å². The average molecular weight is 370 g/mol. The molecule has 0 aliphatic carbocycles. The van der Waals surface area contributed by atoms with E-state index in [4.69, 9.17) is 4.74 Å². The molecule has 0 spiro atoms. The maximum absolute atomic E-state index is 12.4.